The lowest BCUT2D eigenvalue weighted by molar-refractivity contribution is -0.122. The van der Waals surface area contributed by atoms with E-state index in [4.69, 9.17) is 5.11 Å². The molecule has 5 nitrogen and oxygen atoms in total. The van der Waals surface area contributed by atoms with Crippen molar-refractivity contribution in [2.24, 2.45) is 0 Å². The standard InChI is InChI=1S/C15H17F2N3O2/c1-9(19-15(22)5-6-21)12-8-18-20(10(12)2)14-4-3-11(16)7-13(14)17/h3-4,7-9,21H,5-6H2,1-2H3,(H,19,22)/t9-/m1/s1. The van der Waals surface area contributed by atoms with Crippen LogP contribution in [0.25, 0.3) is 5.69 Å². The van der Waals surface area contributed by atoms with Crippen molar-refractivity contribution in [2.45, 2.75) is 26.3 Å². The second-order valence-electron chi connectivity index (χ2n) is 4.96. The molecule has 1 aromatic carbocycles. The Morgan fingerprint density at radius 1 is 1.45 bits per heavy atom. The molecule has 0 spiro atoms. The van der Waals surface area contributed by atoms with Gasteiger partial charge < -0.3 is 10.4 Å². The van der Waals surface area contributed by atoms with Crippen LogP contribution in [0.1, 0.15) is 30.6 Å². The average Bonchev–Trinajstić information content (AvgIpc) is 2.81. The van der Waals surface area contributed by atoms with Crippen LogP contribution in [-0.4, -0.2) is 27.4 Å². The van der Waals surface area contributed by atoms with E-state index in [9.17, 15) is 13.6 Å². The Morgan fingerprint density at radius 2 is 2.18 bits per heavy atom. The van der Waals surface area contributed by atoms with Crippen LogP contribution in [0.5, 0.6) is 0 Å². The predicted molar refractivity (Wildman–Crippen MR) is 76.5 cm³/mol. The minimum Gasteiger partial charge on any atom is -0.396 e. The molecule has 0 aliphatic carbocycles. The smallest absolute Gasteiger partial charge is 0.222 e. The fourth-order valence-electron chi connectivity index (χ4n) is 2.24. The molecule has 2 N–H and O–H groups in total. The van der Waals surface area contributed by atoms with Gasteiger partial charge in [-0.15, -0.1) is 0 Å². The molecule has 1 aromatic heterocycles. The molecule has 0 bridgehead atoms. The number of hydrogen-bond acceptors (Lipinski definition) is 3. The molecule has 0 saturated carbocycles. The third-order valence-corrected chi connectivity index (χ3v) is 3.37. The molecule has 1 heterocycles. The zero-order valence-electron chi connectivity index (χ0n) is 12.3. The van der Waals surface area contributed by atoms with Crippen molar-refractivity contribution >= 4 is 5.91 Å². The first-order chi connectivity index (χ1) is 10.4. The zero-order valence-corrected chi connectivity index (χ0v) is 12.3. The van der Waals surface area contributed by atoms with Crippen LogP contribution in [0, 0.1) is 18.6 Å². The summed E-state index contributed by atoms with van der Waals surface area (Å²) in [7, 11) is 0. The van der Waals surface area contributed by atoms with Gasteiger partial charge in [0.2, 0.25) is 5.91 Å². The van der Waals surface area contributed by atoms with E-state index in [-0.39, 0.29) is 30.7 Å². The van der Waals surface area contributed by atoms with Gasteiger partial charge in [-0.2, -0.15) is 5.10 Å². The molecule has 0 unspecified atom stereocenters. The number of carbonyl (C=O) groups is 1. The van der Waals surface area contributed by atoms with Gasteiger partial charge in [-0.05, 0) is 26.0 Å². The Balaban J connectivity index is 2.27. The van der Waals surface area contributed by atoms with Crippen LogP contribution in [-0.2, 0) is 4.79 Å². The van der Waals surface area contributed by atoms with E-state index in [1.807, 2.05) is 0 Å². The first-order valence-corrected chi connectivity index (χ1v) is 6.84. The largest absolute Gasteiger partial charge is 0.396 e. The van der Waals surface area contributed by atoms with Crippen molar-refractivity contribution in [3.05, 3.63) is 47.3 Å². The van der Waals surface area contributed by atoms with Gasteiger partial charge in [0.05, 0.1) is 18.8 Å². The zero-order chi connectivity index (χ0) is 16.3. The van der Waals surface area contributed by atoms with Crippen molar-refractivity contribution in [3.63, 3.8) is 0 Å². The van der Waals surface area contributed by atoms with E-state index in [0.29, 0.717) is 5.69 Å². The number of amides is 1. The Kier molecular flexibility index (Phi) is 4.87. The van der Waals surface area contributed by atoms with E-state index >= 15 is 0 Å². The molecule has 0 radical (unpaired) electrons. The minimum atomic E-state index is -0.713. The number of aliphatic hydroxyl groups excluding tert-OH is 1. The molecule has 2 aromatic rings. The summed E-state index contributed by atoms with van der Waals surface area (Å²) in [5.74, 6) is -1.65. The van der Waals surface area contributed by atoms with Crippen molar-refractivity contribution in [1.82, 2.24) is 15.1 Å². The second kappa shape index (κ2) is 6.65. The van der Waals surface area contributed by atoms with Gasteiger partial charge >= 0.3 is 0 Å². The van der Waals surface area contributed by atoms with Gasteiger partial charge in [0, 0.05) is 23.7 Å². The average molecular weight is 309 g/mol. The van der Waals surface area contributed by atoms with E-state index < -0.39 is 11.6 Å². The molecule has 0 aliphatic rings. The molecule has 22 heavy (non-hydrogen) atoms. The number of rotatable bonds is 5. The van der Waals surface area contributed by atoms with Crippen LogP contribution in [0.15, 0.2) is 24.4 Å². The molecular formula is C15H17F2N3O2. The Morgan fingerprint density at radius 3 is 2.82 bits per heavy atom. The number of nitrogens with one attached hydrogen (secondary N) is 1. The molecule has 1 amide bonds. The molecular weight excluding hydrogens is 292 g/mol. The summed E-state index contributed by atoms with van der Waals surface area (Å²) in [6.45, 7) is 3.28. The van der Waals surface area contributed by atoms with Crippen LogP contribution >= 0.6 is 0 Å². The first-order valence-electron chi connectivity index (χ1n) is 6.84. The molecule has 7 heteroatoms. The highest BCUT2D eigenvalue weighted by Crippen LogP contribution is 2.22. The summed E-state index contributed by atoms with van der Waals surface area (Å²) in [5.41, 5.74) is 1.50. The SMILES string of the molecule is Cc1c([C@@H](C)NC(=O)CCO)cnn1-c1ccc(F)cc1F. The van der Waals surface area contributed by atoms with Crippen molar-refractivity contribution < 1.29 is 18.7 Å². The molecule has 118 valence electrons. The third kappa shape index (κ3) is 3.30. The summed E-state index contributed by atoms with van der Waals surface area (Å²) < 4.78 is 28.2. The normalized spacial score (nSPS) is 12.2. The lowest BCUT2D eigenvalue weighted by atomic mass is 10.1. The summed E-state index contributed by atoms with van der Waals surface area (Å²) in [4.78, 5) is 11.5. The lowest BCUT2D eigenvalue weighted by Gasteiger charge is -2.14. The third-order valence-electron chi connectivity index (χ3n) is 3.37. The van der Waals surface area contributed by atoms with Gasteiger partial charge in [0.25, 0.3) is 0 Å². The summed E-state index contributed by atoms with van der Waals surface area (Å²) in [5, 5.41) is 15.6. The summed E-state index contributed by atoms with van der Waals surface area (Å²) in [6, 6.07) is 2.92. The fourth-order valence-corrected chi connectivity index (χ4v) is 2.24. The Hall–Kier alpha value is -2.28. The maximum absolute atomic E-state index is 13.8. The molecule has 0 saturated heterocycles. The highest BCUT2D eigenvalue weighted by molar-refractivity contribution is 5.76. The highest BCUT2D eigenvalue weighted by atomic mass is 19.1. The summed E-state index contributed by atoms with van der Waals surface area (Å²) >= 11 is 0. The molecule has 1 atom stereocenters. The van der Waals surface area contributed by atoms with E-state index in [1.54, 1.807) is 13.8 Å². The van der Waals surface area contributed by atoms with Crippen LogP contribution in [0.4, 0.5) is 8.78 Å². The molecule has 0 aliphatic heterocycles. The minimum absolute atomic E-state index is 0.0180. The van der Waals surface area contributed by atoms with Crippen molar-refractivity contribution in [3.8, 4) is 5.69 Å². The van der Waals surface area contributed by atoms with E-state index in [1.165, 1.54) is 16.9 Å². The Bertz CT molecular complexity index is 685. The van der Waals surface area contributed by atoms with E-state index in [0.717, 1.165) is 17.7 Å². The lowest BCUT2D eigenvalue weighted by Crippen LogP contribution is -2.27. The predicted octanol–water partition coefficient (Wildman–Crippen LogP) is 2.02. The van der Waals surface area contributed by atoms with Gasteiger partial charge in [0.15, 0.2) is 5.82 Å². The van der Waals surface area contributed by atoms with Crippen LogP contribution < -0.4 is 5.32 Å². The van der Waals surface area contributed by atoms with Gasteiger partial charge in [-0.25, -0.2) is 13.5 Å². The summed E-state index contributed by atoms with van der Waals surface area (Å²) in [6.07, 6.45) is 1.55. The first kappa shape index (κ1) is 16.1. The number of halogens is 2. The van der Waals surface area contributed by atoms with Gasteiger partial charge in [-0.3, -0.25) is 4.79 Å². The van der Waals surface area contributed by atoms with Gasteiger partial charge in [0.1, 0.15) is 11.5 Å². The number of benzene rings is 1. The topological polar surface area (TPSA) is 67.2 Å². The number of aliphatic hydroxyl groups is 1. The maximum Gasteiger partial charge on any atom is 0.222 e. The number of carbonyl (C=O) groups excluding carboxylic acids is 1. The van der Waals surface area contributed by atoms with Crippen LogP contribution in [0.3, 0.4) is 0 Å². The number of aromatic nitrogens is 2. The number of nitrogens with zero attached hydrogens (tertiary/aromatic N) is 2. The molecule has 0 fully saturated rings. The highest BCUT2D eigenvalue weighted by Gasteiger charge is 2.17. The van der Waals surface area contributed by atoms with Gasteiger partial charge in [-0.1, -0.05) is 0 Å². The number of hydrogen-bond donors (Lipinski definition) is 2. The van der Waals surface area contributed by atoms with Crippen molar-refractivity contribution in [1.29, 1.82) is 0 Å². The Labute approximate surface area is 126 Å². The second-order valence-corrected chi connectivity index (χ2v) is 4.96. The quantitative estimate of drug-likeness (QED) is 0.888. The fraction of sp³-hybridized carbons (Fsp3) is 0.333. The monoisotopic (exact) mass is 309 g/mol. The maximum atomic E-state index is 13.8. The van der Waals surface area contributed by atoms with Crippen molar-refractivity contribution in [2.75, 3.05) is 6.61 Å². The molecule has 2 rings (SSSR count). The van der Waals surface area contributed by atoms with E-state index in [2.05, 4.69) is 10.4 Å². The van der Waals surface area contributed by atoms with Crippen LogP contribution in [0.2, 0.25) is 0 Å².